The highest BCUT2D eigenvalue weighted by molar-refractivity contribution is 9.11. The molecule has 0 aromatic rings. The van der Waals surface area contributed by atoms with Crippen LogP contribution >= 0.6 is 15.9 Å². The van der Waals surface area contributed by atoms with Gasteiger partial charge in [0.15, 0.2) is 0 Å². The van der Waals surface area contributed by atoms with E-state index < -0.39 is 0 Å². The van der Waals surface area contributed by atoms with Crippen molar-refractivity contribution in [1.82, 2.24) is 0 Å². The van der Waals surface area contributed by atoms with Gasteiger partial charge in [-0.05, 0) is 47.6 Å². The van der Waals surface area contributed by atoms with Gasteiger partial charge in [0.05, 0.1) is 0 Å². The Labute approximate surface area is 119 Å². The predicted molar refractivity (Wildman–Crippen MR) is 83.6 cm³/mol. The smallest absolute Gasteiger partial charge is 0.0155 e. The summed E-state index contributed by atoms with van der Waals surface area (Å²) < 4.78 is 0.946. The van der Waals surface area contributed by atoms with Crippen molar-refractivity contribution in [2.45, 2.75) is 34.1 Å². The minimum atomic E-state index is 0.0824. The molecule has 1 heteroatoms. The monoisotopic (exact) mass is 304 g/mol. The Balaban J connectivity index is 2.66. The molecular formula is C17H21Br. The maximum atomic E-state index is 3.97. The zero-order valence-corrected chi connectivity index (χ0v) is 13.3. The van der Waals surface area contributed by atoms with Crippen LogP contribution in [0.5, 0.6) is 0 Å². The molecule has 0 aromatic carbocycles. The van der Waals surface area contributed by atoms with Gasteiger partial charge in [0, 0.05) is 9.90 Å². The van der Waals surface area contributed by atoms with Crippen LogP contribution in [0, 0.1) is 11.3 Å². The Morgan fingerprint density at radius 1 is 1.50 bits per heavy atom. The van der Waals surface area contributed by atoms with Crippen LogP contribution in [0.1, 0.15) is 34.1 Å². The first kappa shape index (κ1) is 13.6. The molecule has 1 unspecified atom stereocenters. The van der Waals surface area contributed by atoms with Gasteiger partial charge in [0.1, 0.15) is 0 Å². The number of halogens is 1. The lowest BCUT2D eigenvalue weighted by Crippen LogP contribution is -2.13. The second kappa shape index (κ2) is 4.70. The Hall–Kier alpha value is -0.820. The molecule has 0 radical (unpaired) electrons. The number of hydrogen-bond donors (Lipinski definition) is 0. The van der Waals surface area contributed by atoms with Crippen LogP contribution in [-0.2, 0) is 0 Å². The van der Waals surface area contributed by atoms with Crippen molar-refractivity contribution >= 4 is 15.9 Å². The highest BCUT2D eigenvalue weighted by Crippen LogP contribution is 2.54. The molecule has 96 valence electrons. The van der Waals surface area contributed by atoms with E-state index in [1.165, 1.54) is 22.3 Å². The van der Waals surface area contributed by atoms with E-state index in [0.717, 1.165) is 10.9 Å². The molecule has 0 nitrogen and oxygen atoms in total. The summed E-state index contributed by atoms with van der Waals surface area (Å²) in [7, 11) is 0. The average Bonchev–Trinajstić information content (AvgIpc) is 2.49. The normalized spacial score (nSPS) is 30.2. The Morgan fingerprint density at radius 2 is 2.17 bits per heavy atom. The number of allylic oxidation sites excluding steroid dienone is 9. The first-order valence-corrected chi connectivity index (χ1v) is 7.33. The van der Waals surface area contributed by atoms with Crippen LogP contribution in [0.15, 0.2) is 57.7 Å². The fourth-order valence-corrected chi connectivity index (χ4v) is 3.40. The summed E-state index contributed by atoms with van der Waals surface area (Å²) in [6.45, 7) is 13.0. The molecule has 0 aliphatic heterocycles. The van der Waals surface area contributed by atoms with Crippen LogP contribution in [0.25, 0.3) is 0 Å². The Morgan fingerprint density at radius 3 is 2.72 bits per heavy atom. The van der Waals surface area contributed by atoms with E-state index in [4.69, 9.17) is 0 Å². The highest BCUT2D eigenvalue weighted by Gasteiger charge is 2.41. The highest BCUT2D eigenvalue weighted by atomic mass is 79.9. The molecule has 0 aromatic heterocycles. The van der Waals surface area contributed by atoms with Gasteiger partial charge < -0.3 is 0 Å². The summed E-state index contributed by atoms with van der Waals surface area (Å²) in [5.74, 6) is 0.616. The van der Waals surface area contributed by atoms with Gasteiger partial charge in [0.25, 0.3) is 0 Å². The molecule has 0 spiro atoms. The predicted octanol–water partition coefficient (Wildman–Crippen LogP) is 5.70. The molecule has 0 bridgehead atoms. The van der Waals surface area contributed by atoms with Crippen LogP contribution in [0.2, 0.25) is 0 Å². The SMILES string of the molecule is C=C(Br)C=C1/C(=C\C)C2=C(C=CCC2C)C1(C)C. The van der Waals surface area contributed by atoms with Crippen molar-refractivity contribution in [2.75, 3.05) is 0 Å². The summed E-state index contributed by atoms with van der Waals surface area (Å²) in [6.07, 6.45) is 10.2. The lowest BCUT2D eigenvalue weighted by Gasteiger charge is -2.25. The van der Waals surface area contributed by atoms with Crippen LogP contribution < -0.4 is 0 Å². The van der Waals surface area contributed by atoms with Crippen molar-refractivity contribution in [3.05, 3.63) is 57.7 Å². The summed E-state index contributed by atoms with van der Waals surface area (Å²) in [5.41, 5.74) is 5.89. The van der Waals surface area contributed by atoms with Crippen LogP contribution in [0.4, 0.5) is 0 Å². The summed E-state index contributed by atoms with van der Waals surface area (Å²) >= 11 is 3.47. The third kappa shape index (κ3) is 1.99. The van der Waals surface area contributed by atoms with Gasteiger partial charge in [-0.15, -0.1) is 0 Å². The minimum Gasteiger partial charge on any atom is -0.0847 e. The molecule has 0 heterocycles. The zero-order chi connectivity index (χ0) is 13.5. The van der Waals surface area contributed by atoms with Gasteiger partial charge >= 0.3 is 0 Å². The molecule has 0 saturated heterocycles. The maximum Gasteiger partial charge on any atom is 0.0155 e. The summed E-state index contributed by atoms with van der Waals surface area (Å²) in [4.78, 5) is 0. The second-order valence-electron chi connectivity index (χ2n) is 5.70. The van der Waals surface area contributed by atoms with Gasteiger partial charge in [-0.1, -0.05) is 61.5 Å². The quantitative estimate of drug-likeness (QED) is 0.583. The van der Waals surface area contributed by atoms with Crippen molar-refractivity contribution in [1.29, 1.82) is 0 Å². The first-order chi connectivity index (χ1) is 8.39. The van der Waals surface area contributed by atoms with E-state index in [1.807, 2.05) is 0 Å². The van der Waals surface area contributed by atoms with Crippen molar-refractivity contribution < 1.29 is 0 Å². The average molecular weight is 305 g/mol. The molecule has 2 rings (SSSR count). The molecule has 1 atom stereocenters. The molecule has 18 heavy (non-hydrogen) atoms. The van der Waals surface area contributed by atoms with Gasteiger partial charge in [-0.3, -0.25) is 0 Å². The lowest BCUT2D eigenvalue weighted by atomic mass is 9.79. The first-order valence-electron chi connectivity index (χ1n) is 6.54. The van der Waals surface area contributed by atoms with Crippen LogP contribution in [-0.4, -0.2) is 0 Å². The minimum absolute atomic E-state index is 0.0824. The third-order valence-corrected chi connectivity index (χ3v) is 4.30. The third-order valence-electron chi connectivity index (χ3n) is 4.07. The maximum absolute atomic E-state index is 3.97. The Kier molecular flexibility index (Phi) is 3.55. The Bertz CT molecular complexity index is 510. The number of rotatable bonds is 1. The molecule has 2 aliphatic carbocycles. The lowest BCUT2D eigenvalue weighted by molar-refractivity contribution is 0.568. The van der Waals surface area contributed by atoms with Gasteiger partial charge in [-0.25, -0.2) is 0 Å². The standard InChI is InChI=1S/C17H21Br/c1-6-13-15(10-12(3)18)17(4,5)14-9-7-8-11(2)16(13)14/h6-7,9-11H,3,8H2,1-2,4-5H3/b13-6+,15-10?. The second-order valence-corrected chi connectivity index (χ2v) is 6.72. The van der Waals surface area contributed by atoms with E-state index in [9.17, 15) is 0 Å². The molecule has 0 saturated carbocycles. The van der Waals surface area contributed by atoms with Gasteiger partial charge in [0.2, 0.25) is 0 Å². The summed E-state index contributed by atoms with van der Waals surface area (Å²) in [5, 5.41) is 0. The van der Waals surface area contributed by atoms with Crippen molar-refractivity contribution in [3.8, 4) is 0 Å². The molecule has 0 N–H and O–H groups in total. The molecule has 2 aliphatic rings. The van der Waals surface area contributed by atoms with Gasteiger partial charge in [-0.2, -0.15) is 0 Å². The fraction of sp³-hybridized carbons (Fsp3) is 0.412. The molecule has 0 amide bonds. The number of hydrogen-bond acceptors (Lipinski definition) is 0. The van der Waals surface area contributed by atoms with E-state index in [0.29, 0.717) is 5.92 Å². The van der Waals surface area contributed by atoms with Crippen LogP contribution in [0.3, 0.4) is 0 Å². The zero-order valence-electron chi connectivity index (χ0n) is 11.7. The summed E-state index contributed by atoms with van der Waals surface area (Å²) in [6, 6.07) is 0. The largest absolute Gasteiger partial charge is 0.0847 e. The molecule has 0 fully saturated rings. The molecular weight excluding hydrogens is 284 g/mol. The van der Waals surface area contributed by atoms with E-state index >= 15 is 0 Å². The topological polar surface area (TPSA) is 0 Å². The van der Waals surface area contributed by atoms with Crippen molar-refractivity contribution in [3.63, 3.8) is 0 Å². The van der Waals surface area contributed by atoms with E-state index in [2.05, 4.69) is 74.5 Å². The van der Waals surface area contributed by atoms with E-state index in [1.54, 1.807) is 0 Å². The fourth-order valence-electron chi connectivity index (χ4n) is 3.17. The van der Waals surface area contributed by atoms with Crippen molar-refractivity contribution in [2.24, 2.45) is 11.3 Å². The van der Waals surface area contributed by atoms with E-state index in [-0.39, 0.29) is 5.41 Å².